The van der Waals surface area contributed by atoms with Gasteiger partial charge in [-0.1, -0.05) is 17.7 Å². The molecule has 0 spiro atoms. The van der Waals surface area contributed by atoms with Crippen LogP contribution in [0.3, 0.4) is 0 Å². The summed E-state index contributed by atoms with van der Waals surface area (Å²) in [5.74, 6) is 0.658. The Morgan fingerprint density at radius 1 is 1.08 bits per heavy atom. The molecule has 0 saturated carbocycles. The molecule has 0 N–H and O–H groups in total. The Labute approximate surface area is 143 Å². The summed E-state index contributed by atoms with van der Waals surface area (Å²) in [7, 11) is -1.98. The van der Waals surface area contributed by atoms with Crippen LogP contribution in [0.25, 0.3) is 0 Å². The molecule has 0 radical (unpaired) electrons. The smallest absolute Gasteiger partial charge is 0.243 e. The maximum atomic E-state index is 13.0. The maximum Gasteiger partial charge on any atom is 0.243 e. The number of ether oxygens (including phenoxy) is 1. The highest BCUT2D eigenvalue weighted by atomic mass is 32.2. The summed E-state index contributed by atoms with van der Waals surface area (Å²) < 4.78 is 32.4. The Kier molecular flexibility index (Phi) is 6.42. The van der Waals surface area contributed by atoms with Crippen LogP contribution in [0.15, 0.2) is 41.6 Å². The Bertz CT molecular complexity index is 744. The van der Waals surface area contributed by atoms with E-state index in [9.17, 15) is 8.42 Å². The lowest BCUT2D eigenvalue weighted by atomic mass is 10.2. The molecular weight excluding hydrogens is 326 g/mol. The van der Waals surface area contributed by atoms with Gasteiger partial charge in [0.1, 0.15) is 5.82 Å². The number of sulfonamides is 1. The van der Waals surface area contributed by atoms with Gasteiger partial charge in [-0.15, -0.1) is 0 Å². The Hall–Kier alpha value is -1.83. The van der Waals surface area contributed by atoms with Gasteiger partial charge in [0.05, 0.1) is 4.90 Å². The van der Waals surface area contributed by atoms with E-state index in [-0.39, 0.29) is 6.54 Å². The van der Waals surface area contributed by atoms with Gasteiger partial charge in [-0.3, -0.25) is 0 Å². The molecule has 130 valence electrons. The molecule has 2 aromatic rings. The van der Waals surface area contributed by atoms with Crippen molar-refractivity contribution in [1.29, 1.82) is 0 Å². The van der Waals surface area contributed by atoms with Gasteiger partial charge in [-0.05, 0) is 32.4 Å². The van der Waals surface area contributed by atoms with E-state index in [1.807, 2.05) is 6.92 Å². The summed E-state index contributed by atoms with van der Waals surface area (Å²) in [4.78, 5) is 8.57. The summed E-state index contributed by atoms with van der Waals surface area (Å²) in [6.07, 6.45) is 3.95. The van der Waals surface area contributed by atoms with Crippen LogP contribution in [0, 0.1) is 13.8 Å². The van der Waals surface area contributed by atoms with Crippen molar-refractivity contribution in [2.45, 2.75) is 31.7 Å². The third-order valence-electron chi connectivity index (χ3n) is 3.61. The van der Waals surface area contributed by atoms with Crippen LogP contribution in [0.5, 0.6) is 0 Å². The van der Waals surface area contributed by atoms with Crippen molar-refractivity contribution in [3.63, 3.8) is 0 Å². The second-order valence-electron chi connectivity index (χ2n) is 5.64. The monoisotopic (exact) mass is 349 g/mol. The fourth-order valence-corrected chi connectivity index (χ4v) is 3.70. The summed E-state index contributed by atoms with van der Waals surface area (Å²) in [6, 6.07) is 6.88. The van der Waals surface area contributed by atoms with Gasteiger partial charge in [0.25, 0.3) is 0 Å². The number of hydrogen-bond donors (Lipinski definition) is 0. The van der Waals surface area contributed by atoms with E-state index in [4.69, 9.17) is 4.74 Å². The van der Waals surface area contributed by atoms with Crippen LogP contribution < -0.4 is 0 Å². The molecule has 24 heavy (non-hydrogen) atoms. The van der Waals surface area contributed by atoms with Crippen molar-refractivity contribution in [3.05, 3.63) is 53.6 Å². The largest absolute Gasteiger partial charge is 0.385 e. The van der Waals surface area contributed by atoms with Gasteiger partial charge < -0.3 is 4.74 Å². The first-order valence-electron chi connectivity index (χ1n) is 7.77. The fourth-order valence-electron chi connectivity index (χ4n) is 2.23. The first kappa shape index (κ1) is 18.5. The van der Waals surface area contributed by atoms with E-state index < -0.39 is 10.0 Å². The van der Waals surface area contributed by atoms with Crippen LogP contribution in [0.1, 0.15) is 23.4 Å². The third-order valence-corrected chi connectivity index (χ3v) is 5.47. The predicted molar refractivity (Wildman–Crippen MR) is 92.0 cm³/mol. The fraction of sp³-hybridized carbons (Fsp3) is 0.412. The van der Waals surface area contributed by atoms with Crippen LogP contribution >= 0.6 is 0 Å². The van der Waals surface area contributed by atoms with E-state index in [0.29, 0.717) is 30.3 Å². The number of rotatable bonds is 8. The van der Waals surface area contributed by atoms with Crippen LogP contribution in [0.2, 0.25) is 0 Å². The van der Waals surface area contributed by atoms with Gasteiger partial charge in [0, 0.05) is 44.8 Å². The van der Waals surface area contributed by atoms with Gasteiger partial charge in [0.2, 0.25) is 10.0 Å². The van der Waals surface area contributed by atoms with Crippen molar-refractivity contribution in [1.82, 2.24) is 14.3 Å². The van der Waals surface area contributed by atoms with Crippen LogP contribution in [0.4, 0.5) is 0 Å². The molecular formula is C17H23N3O3S. The minimum Gasteiger partial charge on any atom is -0.385 e. The van der Waals surface area contributed by atoms with Crippen molar-refractivity contribution < 1.29 is 13.2 Å². The zero-order chi connectivity index (χ0) is 17.6. The summed E-state index contributed by atoms with van der Waals surface area (Å²) in [6.45, 7) is 4.84. The lowest BCUT2D eigenvalue weighted by Crippen LogP contribution is -2.32. The quantitative estimate of drug-likeness (QED) is 0.684. The summed E-state index contributed by atoms with van der Waals surface area (Å²) >= 11 is 0. The second kappa shape index (κ2) is 8.32. The third kappa shape index (κ3) is 4.83. The maximum absolute atomic E-state index is 13.0. The van der Waals surface area contributed by atoms with Crippen molar-refractivity contribution >= 4 is 10.0 Å². The molecule has 1 aromatic carbocycles. The SMILES string of the molecule is COCCCN(Cc1cnc(C)nc1)S(=O)(=O)c1ccc(C)cc1. The number of aromatic nitrogens is 2. The first-order valence-corrected chi connectivity index (χ1v) is 9.21. The molecule has 6 nitrogen and oxygen atoms in total. The summed E-state index contributed by atoms with van der Waals surface area (Å²) in [5, 5.41) is 0. The zero-order valence-corrected chi connectivity index (χ0v) is 15.1. The van der Waals surface area contributed by atoms with Gasteiger partial charge in [0.15, 0.2) is 0 Å². The number of hydrogen-bond acceptors (Lipinski definition) is 5. The van der Waals surface area contributed by atoms with E-state index in [1.165, 1.54) is 4.31 Å². The van der Waals surface area contributed by atoms with Crippen molar-refractivity contribution in [2.75, 3.05) is 20.3 Å². The Morgan fingerprint density at radius 3 is 2.29 bits per heavy atom. The lowest BCUT2D eigenvalue weighted by Gasteiger charge is -2.22. The lowest BCUT2D eigenvalue weighted by molar-refractivity contribution is 0.186. The number of aryl methyl sites for hydroxylation is 2. The number of benzene rings is 1. The first-order chi connectivity index (χ1) is 11.4. The van der Waals surface area contributed by atoms with E-state index in [1.54, 1.807) is 50.7 Å². The molecule has 0 bridgehead atoms. The molecule has 7 heteroatoms. The predicted octanol–water partition coefficient (Wildman–Crippen LogP) is 2.32. The van der Waals surface area contributed by atoms with Crippen molar-refractivity contribution in [3.8, 4) is 0 Å². The standard InChI is InChI=1S/C17H23N3O3S/c1-14-5-7-17(8-6-14)24(21,22)20(9-4-10-23-3)13-16-11-18-15(2)19-12-16/h5-8,11-12H,4,9-10,13H2,1-3H3. The second-order valence-corrected chi connectivity index (χ2v) is 7.57. The molecule has 0 unspecified atom stereocenters. The van der Waals surface area contributed by atoms with E-state index >= 15 is 0 Å². The van der Waals surface area contributed by atoms with Crippen LogP contribution in [-0.4, -0.2) is 43.0 Å². The van der Waals surface area contributed by atoms with Gasteiger partial charge >= 0.3 is 0 Å². The van der Waals surface area contributed by atoms with E-state index in [0.717, 1.165) is 11.1 Å². The van der Waals surface area contributed by atoms with E-state index in [2.05, 4.69) is 9.97 Å². The molecule has 0 amide bonds. The Morgan fingerprint density at radius 2 is 1.71 bits per heavy atom. The van der Waals surface area contributed by atoms with Crippen LogP contribution in [-0.2, 0) is 21.3 Å². The molecule has 2 rings (SSSR count). The highest BCUT2D eigenvalue weighted by Gasteiger charge is 2.24. The summed E-state index contributed by atoms with van der Waals surface area (Å²) in [5.41, 5.74) is 1.78. The zero-order valence-electron chi connectivity index (χ0n) is 14.3. The van der Waals surface area contributed by atoms with Gasteiger partial charge in [-0.25, -0.2) is 18.4 Å². The van der Waals surface area contributed by atoms with Crippen molar-refractivity contribution in [2.24, 2.45) is 0 Å². The number of nitrogens with zero attached hydrogens (tertiary/aromatic N) is 3. The Balaban J connectivity index is 2.26. The minimum absolute atomic E-state index is 0.236. The highest BCUT2D eigenvalue weighted by molar-refractivity contribution is 7.89. The molecule has 0 saturated heterocycles. The molecule has 0 aliphatic heterocycles. The average molecular weight is 349 g/mol. The topological polar surface area (TPSA) is 72.4 Å². The highest BCUT2D eigenvalue weighted by Crippen LogP contribution is 2.19. The number of methoxy groups -OCH3 is 1. The van der Waals surface area contributed by atoms with Gasteiger partial charge in [-0.2, -0.15) is 4.31 Å². The normalized spacial score (nSPS) is 11.8. The average Bonchev–Trinajstić information content (AvgIpc) is 2.56. The molecule has 0 atom stereocenters. The molecule has 1 heterocycles. The molecule has 0 aliphatic rings. The molecule has 0 aliphatic carbocycles. The minimum atomic E-state index is -3.58. The molecule has 1 aromatic heterocycles. The molecule has 0 fully saturated rings.